The van der Waals surface area contributed by atoms with Gasteiger partial charge in [0.15, 0.2) is 5.82 Å². The van der Waals surface area contributed by atoms with E-state index >= 15 is 0 Å². The number of ether oxygens (including phenoxy) is 1. The standard InChI is InChI=1S/C17H13F6N5O/c18-11-3-1-9(2-4-11)16(24,8-14-25-27-28-26-14)10-5-12(19)7-13(6-10)29-17(22,23)15(20)21/h1-7,15H,8,24H2,(H,25,26,27,28). The first kappa shape index (κ1) is 20.6. The minimum absolute atomic E-state index is 0.0847. The zero-order chi connectivity index (χ0) is 21.2. The molecule has 0 bridgehead atoms. The van der Waals surface area contributed by atoms with Gasteiger partial charge in [-0.15, -0.1) is 10.2 Å². The lowest BCUT2D eigenvalue weighted by molar-refractivity contribution is -0.253. The Morgan fingerprint density at radius 3 is 2.28 bits per heavy atom. The number of aromatic amines is 1. The topological polar surface area (TPSA) is 89.7 Å². The van der Waals surface area contributed by atoms with E-state index in [1.54, 1.807) is 0 Å². The average Bonchev–Trinajstić information content (AvgIpc) is 3.14. The monoisotopic (exact) mass is 417 g/mol. The van der Waals surface area contributed by atoms with Crippen LogP contribution in [0.5, 0.6) is 5.75 Å². The van der Waals surface area contributed by atoms with Gasteiger partial charge in [-0.05, 0) is 35.4 Å². The van der Waals surface area contributed by atoms with Crippen LogP contribution in [0.25, 0.3) is 0 Å². The quantitative estimate of drug-likeness (QED) is 0.577. The maximum Gasteiger partial charge on any atom is 0.461 e. The highest BCUT2D eigenvalue weighted by Crippen LogP contribution is 2.35. The summed E-state index contributed by atoms with van der Waals surface area (Å²) in [5.41, 5.74) is 4.92. The molecule has 0 aliphatic rings. The van der Waals surface area contributed by atoms with Crippen molar-refractivity contribution in [3.63, 3.8) is 0 Å². The van der Waals surface area contributed by atoms with Gasteiger partial charge in [0.2, 0.25) is 0 Å². The lowest BCUT2D eigenvalue weighted by atomic mass is 9.80. The van der Waals surface area contributed by atoms with E-state index in [0.717, 1.165) is 24.3 Å². The van der Waals surface area contributed by atoms with Crippen molar-refractivity contribution < 1.29 is 31.1 Å². The van der Waals surface area contributed by atoms with Gasteiger partial charge in [-0.25, -0.2) is 8.78 Å². The molecular weight excluding hydrogens is 404 g/mol. The highest BCUT2D eigenvalue weighted by Gasteiger charge is 2.44. The molecule has 3 aromatic rings. The van der Waals surface area contributed by atoms with E-state index in [1.165, 1.54) is 12.1 Å². The summed E-state index contributed by atoms with van der Waals surface area (Å²) in [6.45, 7) is 0. The fourth-order valence-corrected chi connectivity index (χ4v) is 2.71. The number of hydrogen-bond acceptors (Lipinski definition) is 5. The molecule has 2 aromatic carbocycles. The zero-order valence-corrected chi connectivity index (χ0v) is 14.4. The number of H-pyrrole nitrogens is 1. The van der Waals surface area contributed by atoms with Crippen LogP contribution in [0, 0.1) is 11.6 Å². The molecule has 154 valence electrons. The van der Waals surface area contributed by atoms with Crippen LogP contribution in [0.4, 0.5) is 26.3 Å². The number of aromatic nitrogens is 4. The average molecular weight is 417 g/mol. The van der Waals surface area contributed by atoms with Crippen molar-refractivity contribution in [1.82, 2.24) is 20.6 Å². The Bertz CT molecular complexity index is 967. The van der Waals surface area contributed by atoms with E-state index in [2.05, 4.69) is 25.4 Å². The summed E-state index contributed by atoms with van der Waals surface area (Å²) in [6.07, 6.45) is -9.18. The fourth-order valence-electron chi connectivity index (χ4n) is 2.71. The van der Waals surface area contributed by atoms with Crippen molar-refractivity contribution in [3.05, 3.63) is 71.1 Å². The molecule has 0 aliphatic heterocycles. The molecule has 6 nitrogen and oxygen atoms in total. The molecule has 12 heteroatoms. The molecule has 0 spiro atoms. The zero-order valence-electron chi connectivity index (χ0n) is 14.4. The summed E-state index contributed by atoms with van der Waals surface area (Å²) >= 11 is 0. The number of benzene rings is 2. The molecular formula is C17H13F6N5O. The highest BCUT2D eigenvalue weighted by molar-refractivity contribution is 5.43. The van der Waals surface area contributed by atoms with Gasteiger partial charge >= 0.3 is 12.5 Å². The smallest absolute Gasteiger partial charge is 0.428 e. The lowest BCUT2D eigenvalue weighted by Gasteiger charge is -2.30. The maximum absolute atomic E-state index is 14.1. The van der Waals surface area contributed by atoms with Crippen LogP contribution in [0.15, 0.2) is 42.5 Å². The molecule has 1 heterocycles. The first-order chi connectivity index (χ1) is 13.6. The Morgan fingerprint density at radius 2 is 1.69 bits per heavy atom. The van der Waals surface area contributed by atoms with Gasteiger partial charge in [0.05, 0.1) is 5.54 Å². The second-order valence-electron chi connectivity index (χ2n) is 6.12. The van der Waals surface area contributed by atoms with Crippen LogP contribution < -0.4 is 10.5 Å². The van der Waals surface area contributed by atoms with E-state index in [4.69, 9.17) is 5.73 Å². The maximum atomic E-state index is 14.1. The molecule has 0 radical (unpaired) electrons. The molecule has 3 N–H and O–H groups in total. The Balaban J connectivity index is 2.09. The molecule has 0 saturated carbocycles. The first-order valence-corrected chi connectivity index (χ1v) is 8.03. The van der Waals surface area contributed by atoms with E-state index in [9.17, 15) is 26.3 Å². The minimum Gasteiger partial charge on any atom is -0.428 e. The fraction of sp³-hybridized carbons (Fsp3) is 0.235. The SMILES string of the molecule is NC(Cc1nn[nH]n1)(c1ccc(F)cc1)c1cc(F)cc(OC(F)(F)C(F)F)c1. The Labute approximate surface area is 159 Å². The summed E-state index contributed by atoms with van der Waals surface area (Å²) in [5, 5.41) is 13.1. The van der Waals surface area contributed by atoms with Crippen molar-refractivity contribution >= 4 is 0 Å². The summed E-state index contributed by atoms with van der Waals surface area (Å²) in [7, 11) is 0. The van der Waals surface area contributed by atoms with E-state index in [0.29, 0.717) is 6.07 Å². The largest absolute Gasteiger partial charge is 0.461 e. The predicted octanol–water partition coefficient (Wildman–Crippen LogP) is 3.16. The number of nitrogens with two attached hydrogens (primary N) is 1. The number of rotatable bonds is 7. The predicted molar refractivity (Wildman–Crippen MR) is 87.2 cm³/mol. The third-order valence-electron chi connectivity index (χ3n) is 4.08. The van der Waals surface area contributed by atoms with Crippen LogP contribution in [0.3, 0.4) is 0 Å². The summed E-state index contributed by atoms with van der Waals surface area (Å²) in [6, 6.07) is 7.10. The van der Waals surface area contributed by atoms with Crippen LogP contribution in [0.1, 0.15) is 17.0 Å². The van der Waals surface area contributed by atoms with Crippen LogP contribution in [-0.2, 0) is 12.0 Å². The molecule has 0 saturated heterocycles. The van der Waals surface area contributed by atoms with Gasteiger partial charge < -0.3 is 10.5 Å². The first-order valence-electron chi connectivity index (χ1n) is 8.03. The van der Waals surface area contributed by atoms with Crippen molar-refractivity contribution in [2.45, 2.75) is 24.5 Å². The number of tetrazole rings is 1. The molecule has 1 unspecified atom stereocenters. The van der Waals surface area contributed by atoms with E-state index in [-0.39, 0.29) is 23.4 Å². The normalized spacial score (nSPS) is 14.1. The molecule has 3 rings (SSSR count). The number of nitrogens with one attached hydrogen (secondary N) is 1. The highest BCUT2D eigenvalue weighted by atomic mass is 19.3. The van der Waals surface area contributed by atoms with Crippen molar-refractivity contribution in [2.75, 3.05) is 0 Å². The molecule has 0 aliphatic carbocycles. The van der Waals surface area contributed by atoms with Crippen LogP contribution >= 0.6 is 0 Å². The number of alkyl halides is 4. The second kappa shape index (κ2) is 7.70. The van der Waals surface area contributed by atoms with Crippen molar-refractivity contribution in [3.8, 4) is 5.75 Å². The molecule has 1 aromatic heterocycles. The number of hydrogen-bond donors (Lipinski definition) is 2. The van der Waals surface area contributed by atoms with Gasteiger partial charge in [0.1, 0.15) is 17.4 Å². The van der Waals surface area contributed by atoms with Crippen molar-refractivity contribution in [2.24, 2.45) is 5.73 Å². The minimum atomic E-state index is -4.84. The molecule has 29 heavy (non-hydrogen) atoms. The third kappa shape index (κ3) is 4.47. The summed E-state index contributed by atoms with van der Waals surface area (Å²) in [4.78, 5) is 0. The van der Waals surface area contributed by atoms with Crippen LogP contribution in [0.2, 0.25) is 0 Å². The van der Waals surface area contributed by atoms with Gasteiger partial charge in [-0.1, -0.05) is 17.3 Å². The summed E-state index contributed by atoms with van der Waals surface area (Å²) in [5.74, 6) is -2.42. The summed E-state index contributed by atoms with van der Waals surface area (Å²) < 4.78 is 82.8. The van der Waals surface area contributed by atoms with Crippen LogP contribution in [-0.4, -0.2) is 33.2 Å². The molecule has 0 fully saturated rings. The Morgan fingerprint density at radius 1 is 1.00 bits per heavy atom. The second-order valence-corrected chi connectivity index (χ2v) is 6.12. The van der Waals surface area contributed by atoms with Crippen molar-refractivity contribution in [1.29, 1.82) is 0 Å². The van der Waals surface area contributed by atoms with Gasteiger partial charge in [0.25, 0.3) is 0 Å². The van der Waals surface area contributed by atoms with Gasteiger partial charge in [-0.3, -0.25) is 0 Å². The Hall–Kier alpha value is -3.15. The third-order valence-corrected chi connectivity index (χ3v) is 4.08. The number of halogens is 6. The Kier molecular flexibility index (Phi) is 5.46. The molecule has 0 amide bonds. The molecule has 1 atom stereocenters. The number of nitrogens with zero attached hydrogens (tertiary/aromatic N) is 3. The van der Waals surface area contributed by atoms with Gasteiger partial charge in [0, 0.05) is 12.5 Å². The lowest BCUT2D eigenvalue weighted by Crippen LogP contribution is -2.41. The van der Waals surface area contributed by atoms with E-state index in [1.807, 2.05) is 0 Å². The van der Waals surface area contributed by atoms with Gasteiger partial charge in [-0.2, -0.15) is 22.8 Å². The van der Waals surface area contributed by atoms with E-state index < -0.39 is 35.5 Å².